The molecule has 1 aliphatic heterocycles. The summed E-state index contributed by atoms with van der Waals surface area (Å²) in [6.45, 7) is 7.05. The number of amides is 2. The molecule has 2 amide bonds. The molecule has 1 N–H and O–H groups in total. The van der Waals surface area contributed by atoms with Gasteiger partial charge in [-0.1, -0.05) is 19.9 Å². The molecule has 0 unspecified atom stereocenters. The highest BCUT2D eigenvalue weighted by molar-refractivity contribution is 7.89. The number of hydrogen-bond donors (Lipinski definition) is 1. The Hall–Kier alpha value is -2.78. The Morgan fingerprint density at radius 2 is 1.72 bits per heavy atom. The fourth-order valence-corrected chi connectivity index (χ4v) is 5.32. The van der Waals surface area contributed by atoms with Crippen LogP contribution >= 0.6 is 0 Å². The Labute approximate surface area is 188 Å². The van der Waals surface area contributed by atoms with Crippen LogP contribution in [0.15, 0.2) is 41.3 Å². The van der Waals surface area contributed by atoms with Crippen LogP contribution < -0.4 is 5.32 Å². The third-order valence-electron chi connectivity index (χ3n) is 5.73. The summed E-state index contributed by atoms with van der Waals surface area (Å²) in [6, 6.07) is 8.16. The molecule has 0 aromatic heterocycles. The van der Waals surface area contributed by atoms with Gasteiger partial charge in [0.25, 0.3) is 11.8 Å². The van der Waals surface area contributed by atoms with Gasteiger partial charge in [-0.15, -0.1) is 0 Å². The van der Waals surface area contributed by atoms with Gasteiger partial charge in [0.1, 0.15) is 5.82 Å². The second-order valence-corrected chi connectivity index (χ2v) is 9.60. The van der Waals surface area contributed by atoms with E-state index in [1.165, 1.54) is 4.31 Å². The predicted molar refractivity (Wildman–Crippen MR) is 121 cm³/mol. The van der Waals surface area contributed by atoms with Crippen LogP contribution in [-0.4, -0.2) is 55.6 Å². The zero-order chi connectivity index (χ0) is 23.5. The van der Waals surface area contributed by atoms with Crippen molar-refractivity contribution in [1.29, 1.82) is 0 Å². The van der Waals surface area contributed by atoms with Crippen LogP contribution in [0.2, 0.25) is 0 Å². The third kappa shape index (κ3) is 4.68. The number of benzene rings is 2. The van der Waals surface area contributed by atoms with Crippen molar-refractivity contribution >= 4 is 27.5 Å². The topological polar surface area (TPSA) is 86.8 Å². The van der Waals surface area contributed by atoms with Crippen molar-refractivity contribution in [3.8, 4) is 0 Å². The first-order valence-corrected chi connectivity index (χ1v) is 12.1. The maximum absolute atomic E-state index is 14.5. The van der Waals surface area contributed by atoms with E-state index in [0.29, 0.717) is 29.9 Å². The van der Waals surface area contributed by atoms with Gasteiger partial charge in [-0.25, -0.2) is 12.8 Å². The molecule has 0 saturated carbocycles. The summed E-state index contributed by atoms with van der Waals surface area (Å²) in [5.74, 6) is -1.72. The number of rotatable bonds is 7. The molecule has 0 spiro atoms. The van der Waals surface area contributed by atoms with E-state index in [0.717, 1.165) is 31.0 Å². The Morgan fingerprint density at radius 3 is 2.34 bits per heavy atom. The lowest BCUT2D eigenvalue weighted by molar-refractivity contribution is 0.0791. The molecule has 0 bridgehead atoms. The van der Waals surface area contributed by atoms with Crippen molar-refractivity contribution in [3.63, 3.8) is 0 Å². The molecule has 0 radical (unpaired) electrons. The molecular weight excluding hydrogens is 433 g/mol. The van der Waals surface area contributed by atoms with Crippen molar-refractivity contribution in [2.24, 2.45) is 0 Å². The Bertz CT molecular complexity index is 1120. The van der Waals surface area contributed by atoms with Crippen LogP contribution in [-0.2, 0) is 10.0 Å². The Balaban J connectivity index is 1.89. The van der Waals surface area contributed by atoms with Crippen molar-refractivity contribution in [2.45, 2.75) is 38.5 Å². The second-order valence-electron chi connectivity index (χ2n) is 7.66. The number of hydrogen-bond acceptors (Lipinski definition) is 4. The molecule has 3 rings (SSSR count). The van der Waals surface area contributed by atoms with Gasteiger partial charge in [0.05, 0.1) is 10.5 Å². The van der Waals surface area contributed by atoms with E-state index in [1.54, 1.807) is 43.9 Å². The number of halogens is 1. The zero-order valence-corrected chi connectivity index (χ0v) is 19.3. The normalized spacial score (nSPS) is 14.1. The van der Waals surface area contributed by atoms with E-state index in [2.05, 4.69) is 5.32 Å². The van der Waals surface area contributed by atoms with E-state index in [9.17, 15) is 22.4 Å². The summed E-state index contributed by atoms with van der Waals surface area (Å²) in [7, 11) is -3.85. The van der Waals surface area contributed by atoms with E-state index in [4.69, 9.17) is 0 Å². The fraction of sp³-hybridized carbons (Fsp3) is 0.391. The van der Waals surface area contributed by atoms with Gasteiger partial charge in [-0.3, -0.25) is 9.59 Å². The maximum atomic E-state index is 14.5. The van der Waals surface area contributed by atoms with E-state index < -0.39 is 21.7 Å². The number of nitrogens with one attached hydrogen (secondary N) is 1. The van der Waals surface area contributed by atoms with E-state index >= 15 is 0 Å². The van der Waals surface area contributed by atoms with Crippen LogP contribution in [0, 0.1) is 12.7 Å². The highest BCUT2D eigenvalue weighted by Gasteiger charge is 2.25. The minimum absolute atomic E-state index is 0.102. The van der Waals surface area contributed by atoms with E-state index in [-0.39, 0.29) is 29.5 Å². The lowest BCUT2D eigenvalue weighted by Crippen LogP contribution is -2.31. The lowest BCUT2D eigenvalue weighted by atomic mass is 10.0. The van der Waals surface area contributed by atoms with Crippen LogP contribution in [0.4, 0.5) is 10.1 Å². The van der Waals surface area contributed by atoms with Crippen molar-refractivity contribution in [1.82, 2.24) is 9.21 Å². The zero-order valence-electron chi connectivity index (χ0n) is 18.5. The first kappa shape index (κ1) is 23.9. The van der Waals surface area contributed by atoms with Crippen molar-refractivity contribution in [2.75, 3.05) is 31.5 Å². The summed E-state index contributed by atoms with van der Waals surface area (Å²) in [5, 5.41) is 2.63. The average molecular weight is 462 g/mol. The molecule has 7 nitrogen and oxygen atoms in total. The van der Waals surface area contributed by atoms with Gasteiger partial charge >= 0.3 is 0 Å². The van der Waals surface area contributed by atoms with Crippen LogP contribution in [0.3, 0.4) is 0 Å². The SMILES string of the molecule is CCN(CC)S(=O)(=O)c1ccc(F)c(C(=O)Nc2cccc(C(=O)N3CCCC3)c2C)c1. The van der Waals surface area contributed by atoms with Gasteiger partial charge in [0, 0.05) is 37.4 Å². The minimum atomic E-state index is -3.85. The van der Waals surface area contributed by atoms with Gasteiger partial charge in [0.2, 0.25) is 10.0 Å². The molecule has 9 heteroatoms. The summed E-state index contributed by atoms with van der Waals surface area (Å²) in [6.07, 6.45) is 1.93. The molecular formula is C23H28FN3O4S. The standard InChI is InChI=1S/C23H28FN3O4S/c1-4-27(5-2)32(30,31)17-11-12-20(24)19(15-17)22(28)25-21-10-8-9-18(16(21)3)23(29)26-13-6-7-14-26/h8-12,15H,4-7,13-14H2,1-3H3,(H,25,28). The number of likely N-dealkylation sites (tertiary alicyclic amines) is 1. The smallest absolute Gasteiger partial charge is 0.258 e. The summed E-state index contributed by atoms with van der Waals surface area (Å²) >= 11 is 0. The van der Waals surface area contributed by atoms with Crippen LogP contribution in [0.25, 0.3) is 0 Å². The highest BCUT2D eigenvalue weighted by atomic mass is 32.2. The first-order chi connectivity index (χ1) is 15.2. The van der Waals surface area contributed by atoms with E-state index in [1.807, 2.05) is 0 Å². The fourth-order valence-electron chi connectivity index (χ4n) is 3.83. The Kier molecular flexibility index (Phi) is 7.30. The maximum Gasteiger partial charge on any atom is 0.258 e. The molecule has 1 heterocycles. The van der Waals surface area contributed by atoms with Crippen molar-refractivity contribution in [3.05, 3.63) is 58.9 Å². The second kappa shape index (κ2) is 9.79. The predicted octanol–water partition coefficient (Wildman–Crippen LogP) is 3.65. The monoisotopic (exact) mass is 461 g/mol. The number of nitrogens with zero attached hydrogens (tertiary/aromatic N) is 2. The summed E-state index contributed by atoms with van der Waals surface area (Å²) < 4.78 is 41.2. The molecule has 1 aliphatic rings. The molecule has 172 valence electrons. The number of carbonyl (C=O) groups excluding carboxylic acids is 2. The van der Waals surface area contributed by atoms with Gasteiger partial charge < -0.3 is 10.2 Å². The molecule has 1 fully saturated rings. The van der Waals surface area contributed by atoms with Gasteiger partial charge in [0.15, 0.2) is 0 Å². The number of carbonyl (C=O) groups is 2. The lowest BCUT2D eigenvalue weighted by Gasteiger charge is -2.19. The van der Waals surface area contributed by atoms with Gasteiger partial charge in [-0.05, 0) is 55.7 Å². The molecule has 2 aromatic carbocycles. The van der Waals surface area contributed by atoms with Crippen LogP contribution in [0.1, 0.15) is 53.0 Å². The molecule has 2 aromatic rings. The van der Waals surface area contributed by atoms with Crippen molar-refractivity contribution < 1.29 is 22.4 Å². The third-order valence-corrected chi connectivity index (χ3v) is 7.78. The summed E-state index contributed by atoms with van der Waals surface area (Å²) in [4.78, 5) is 27.3. The number of anilines is 1. The largest absolute Gasteiger partial charge is 0.339 e. The van der Waals surface area contributed by atoms with Crippen LogP contribution in [0.5, 0.6) is 0 Å². The number of sulfonamides is 1. The first-order valence-electron chi connectivity index (χ1n) is 10.7. The average Bonchev–Trinajstić information content (AvgIpc) is 3.30. The molecule has 0 atom stereocenters. The minimum Gasteiger partial charge on any atom is -0.339 e. The molecule has 0 aliphatic carbocycles. The highest BCUT2D eigenvalue weighted by Crippen LogP contribution is 2.24. The Morgan fingerprint density at radius 1 is 1.06 bits per heavy atom. The molecule has 32 heavy (non-hydrogen) atoms. The summed E-state index contributed by atoms with van der Waals surface area (Å²) in [5.41, 5.74) is 1.04. The van der Waals surface area contributed by atoms with Gasteiger partial charge in [-0.2, -0.15) is 4.31 Å². The quantitative estimate of drug-likeness (QED) is 0.682. The molecule has 1 saturated heterocycles.